The number of carbonyl (C=O) groups excluding carboxylic acids is 2. The lowest BCUT2D eigenvalue weighted by Crippen LogP contribution is -2.32. The van der Waals surface area contributed by atoms with E-state index in [1.54, 1.807) is 36.9 Å². The van der Waals surface area contributed by atoms with Crippen LogP contribution in [0.15, 0.2) is 53.1 Å². The Labute approximate surface area is 184 Å². The highest BCUT2D eigenvalue weighted by Crippen LogP contribution is 2.25. The smallest absolute Gasteiger partial charge is 0.253 e. The van der Waals surface area contributed by atoms with E-state index in [-0.39, 0.29) is 12.5 Å². The van der Waals surface area contributed by atoms with E-state index in [2.05, 4.69) is 33.4 Å². The van der Waals surface area contributed by atoms with E-state index in [4.69, 9.17) is 0 Å². The topological polar surface area (TPSA) is 112 Å². The maximum absolute atomic E-state index is 12.3. The predicted octanol–water partition coefficient (Wildman–Crippen LogP) is 3.44. The van der Waals surface area contributed by atoms with Crippen molar-refractivity contribution in [2.75, 3.05) is 11.9 Å². The first-order valence-electron chi connectivity index (χ1n) is 9.47. The summed E-state index contributed by atoms with van der Waals surface area (Å²) in [5, 5.41) is 16.8. The predicted molar refractivity (Wildman–Crippen MR) is 121 cm³/mol. The van der Waals surface area contributed by atoms with Crippen LogP contribution in [0.25, 0.3) is 11.3 Å². The molecule has 2 heterocycles. The van der Waals surface area contributed by atoms with Crippen molar-refractivity contribution in [3.8, 4) is 17.3 Å². The number of hydrogen-bond acceptors (Lipinski definition) is 6. The minimum absolute atomic E-state index is 0.193. The zero-order valence-corrected chi connectivity index (χ0v) is 18.1. The Bertz CT molecular complexity index is 1150. The molecule has 0 bridgehead atoms. The molecular formula is C22H22N6O2S. The van der Waals surface area contributed by atoms with E-state index >= 15 is 0 Å². The third-order valence-electron chi connectivity index (χ3n) is 4.55. The summed E-state index contributed by atoms with van der Waals surface area (Å²) in [5.74, 6) is -0.772. The lowest BCUT2D eigenvalue weighted by molar-refractivity contribution is -0.115. The van der Waals surface area contributed by atoms with Crippen LogP contribution in [0.2, 0.25) is 0 Å². The fraction of sp³-hybridized carbons (Fsp3) is 0.227. The molecule has 1 aromatic carbocycles. The summed E-state index contributed by atoms with van der Waals surface area (Å²) in [7, 11) is 0. The molecule has 8 nitrogen and oxygen atoms in total. The Morgan fingerprint density at radius 1 is 1.35 bits per heavy atom. The second-order valence-electron chi connectivity index (χ2n) is 7.33. The van der Waals surface area contributed by atoms with Crippen molar-refractivity contribution in [2.45, 2.75) is 25.9 Å². The Morgan fingerprint density at radius 3 is 2.90 bits per heavy atom. The first kappa shape index (κ1) is 21.9. The van der Waals surface area contributed by atoms with Gasteiger partial charge in [0.1, 0.15) is 5.54 Å². The van der Waals surface area contributed by atoms with Gasteiger partial charge in [0.05, 0.1) is 30.4 Å². The molecule has 3 rings (SSSR count). The molecule has 0 unspecified atom stereocenters. The summed E-state index contributed by atoms with van der Waals surface area (Å²) in [4.78, 5) is 32.8. The molecule has 0 aliphatic heterocycles. The molecule has 0 atom stereocenters. The van der Waals surface area contributed by atoms with Gasteiger partial charge in [0.15, 0.2) is 5.13 Å². The fourth-order valence-corrected chi connectivity index (χ4v) is 3.52. The number of aromatic nitrogens is 2. The van der Waals surface area contributed by atoms with Crippen molar-refractivity contribution in [1.82, 2.24) is 14.9 Å². The van der Waals surface area contributed by atoms with Crippen LogP contribution in [0, 0.1) is 11.3 Å². The molecule has 3 aromatic rings. The average Bonchev–Trinajstić information content (AvgIpc) is 3.43. The minimum Gasteiger partial charge on any atom is -0.343 e. The van der Waals surface area contributed by atoms with Gasteiger partial charge < -0.3 is 15.2 Å². The van der Waals surface area contributed by atoms with Gasteiger partial charge in [-0.3, -0.25) is 14.6 Å². The van der Waals surface area contributed by atoms with Gasteiger partial charge in [0.25, 0.3) is 5.91 Å². The van der Waals surface area contributed by atoms with E-state index in [0.717, 1.165) is 16.8 Å². The summed E-state index contributed by atoms with van der Waals surface area (Å²) in [6.07, 6.45) is 3.25. The Balaban J connectivity index is 1.56. The van der Waals surface area contributed by atoms with Crippen LogP contribution in [-0.2, 0) is 16.9 Å². The van der Waals surface area contributed by atoms with E-state index in [1.165, 1.54) is 11.3 Å². The first-order valence-corrected chi connectivity index (χ1v) is 10.4. The molecule has 31 heavy (non-hydrogen) atoms. The summed E-state index contributed by atoms with van der Waals surface area (Å²) in [6, 6.07) is 11.6. The quantitative estimate of drug-likeness (QED) is 0.529. The number of nitriles is 1. The summed E-state index contributed by atoms with van der Waals surface area (Å²) >= 11 is 1.31. The van der Waals surface area contributed by atoms with E-state index in [0.29, 0.717) is 17.2 Å². The van der Waals surface area contributed by atoms with Crippen LogP contribution in [0.5, 0.6) is 0 Å². The maximum atomic E-state index is 12.3. The largest absolute Gasteiger partial charge is 0.343 e. The van der Waals surface area contributed by atoms with Crippen molar-refractivity contribution in [3.05, 3.63) is 59.2 Å². The molecule has 2 aromatic heterocycles. The molecule has 0 aliphatic carbocycles. The molecular weight excluding hydrogens is 412 g/mol. The number of aliphatic imine (C=N–C) groups is 1. The summed E-state index contributed by atoms with van der Waals surface area (Å²) in [5.41, 5.74) is 2.32. The number of hydrogen-bond donors (Lipinski definition) is 2. The lowest BCUT2D eigenvalue weighted by Gasteiger charge is -2.17. The molecule has 0 saturated carbocycles. The number of amides is 2. The molecule has 0 fully saturated rings. The third-order valence-corrected chi connectivity index (χ3v) is 5.31. The van der Waals surface area contributed by atoms with Crippen LogP contribution >= 0.6 is 11.3 Å². The lowest BCUT2D eigenvalue weighted by atomic mass is 10.1. The second kappa shape index (κ2) is 9.36. The highest BCUT2D eigenvalue weighted by molar-refractivity contribution is 7.14. The number of nitrogens with one attached hydrogen (secondary N) is 2. The number of benzene rings is 1. The van der Waals surface area contributed by atoms with E-state index in [9.17, 15) is 14.9 Å². The maximum Gasteiger partial charge on any atom is 0.253 e. The highest BCUT2D eigenvalue weighted by atomic mass is 32.1. The van der Waals surface area contributed by atoms with Crippen LogP contribution in [0.1, 0.15) is 29.8 Å². The molecule has 158 valence electrons. The number of carbonyl (C=O) groups is 2. The number of anilines is 1. The Hall–Kier alpha value is -3.77. The molecule has 0 saturated heterocycles. The third kappa shape index (κ3) is 5.43. The van der Waals surface area contributed by atoms with Gasteiger partial charge in [-0.15, -0.1) is 11.3 Å². The molecule has 9 heteroatoms. The zero-order chi connectivity index (χ0) is 22.4. The SMILES string of the molecule is C=NCc1cccc(-c2csc(NC(=O)CNC(=O)c3ccn(C(C)(C)C#N)c3)n2)c1. The van der Waals surface area contributed by atoms with Crippen molar-refractivity contribution < 1.29 is 9.59 Å². The van der Waals surface area contributed by atoms with Gasteiger partial charge in [0, 0.05) is 23.3 Å². The Kier molecular flexibility index (Phi) is 6.62. The zero-order valence-electron chi connectivity index (χ0n) is 17.3. The average molecular weight is 435 g/mol. The Morgan fingerprint density at radius 2 is 2.16 bits per heavy atom. The minimum atomic E-state index is -0.764. The number of nitrogens with zero attached hydrogens (tertiary/aromatic N) is 4. The van der Waals surface area contributed by atoms with E-state index in [1.807, 2.05) is 29.6 Å². The monoisotopic (exact) mass is 434 g/mol. The fourth-order valence-electron chi connectivity index (χ4n) is 2.78. The standard InChI is InChI=1S/C22H22N6O2S/c1-22(2,14-23)28-8-7-17(12-28)20(30)25-11-19(29)27-21-26-18(13-31-21)16-6-4-5-15(9-16)10-24-3/h4-9,12-13H,3,10-11H2,1-2H3,(H,25,30)(H,26,27,29). The molecule has 2 N–H and O–H groups in total. The molecule has 0 aliphatic rings. The van der Waals surface area contributed by atoms with Gasteiger partial charge in [0.2, 0.25) is 5.91 Å². The molecule has 2 amide bonds. The number of thiazole rings is 1. The van der Waals surface area contributed by atoms with Crippen molar-refractivity contribution in [3.63, 3.8) is 0 Å². The van der Waals surface area contributed by atoms with Gasteiger partial charge in [-0.1, -0.05) is 18.2 Å². The summed E-state index contributed by atoms with van der Waals surface area (Å²) in [6.45, 7) is 7.33. The first-order chi connectivity index (χ1) is 14.8. The van der Waals surface area contributed by atoms with Gasteiger partial charge >= 0.3 is 0 Å². The van der Waals surface area contributed by atoms with Gasteiger partial charge in [-0.05, 0) is 38.3 Å². The summed E-state index contributed by atoms with van der Waals surface area (Å²) < 4.78 is 1.65. The second-order valence-corrected chi connectivity index (χ2v) is 8.19. The van der Waals surface area contributed by atoms with Crippen molar-refractivity contribution in [1.29, 1.82) is 5.26 Å². The van der Waals surface area contributed by atoms with Crippen molar-refractivity contribution >= 4 is 35.0 Å². The highest BCUT2D eigenvalue weighted by Gasteiger charge is 2.20. The van der Waals surface area contributed by atoms with Crippen LogP contribution in [0.4, 0.5) is 5.13 Å². The normalized spacial score (nSPS) is 10.9. The van der Waals surface area contributed by atoms with Crippen LogP contribution < -0.4 is 10.6 Å². The number of rotatable bonds is 8. The van der Waals surface area contributed by atoms with Crippen molar-refractivity contribution in [2.24, 2.45) is 4.99 Å². The van der Waals surface area contributed by atoms with Gasteiger partial charge in [-0.25, -0.2) is 4.98 Å². The molecule has 0 spiro atoms. The van der Waals surface area contributed by atoms with Gasteiger partial charge in [-0.2, -0.15) is 5.26 Å². The molecule has 0 radical (unpaired) electrons. The van der Waals surface area contributed by atoms with Crippen LogP contribution in [-0.4, -0.2) is 34.6 Å². The van der Waals surface area contributed by atoms with Crippen LogP contribution in [0.3, 0.4) is 0 Å². The van der Waals surface area contributed by atoms with E-state index < -0.39 is 11.4 Å².